The highest BCUT2D eigenvalue weighted by Crippen LogP contribution is 2.35. The Morgan fingerprint density at radius 3 is 2.15 bits per heavy atom. The second-order valence-electron chi connectivity index (χ2n) is 3.92. The molecule has 20 heavy (non-hydrogen) atoms. The average Bonchev–Trinajstić information content (AvgIpc) is 2.34. The van der Waals surface area contributed by atoms with E-state index in [2.05, 4.69) is 4.74 Å². The topological polar surface area (TPSA) is 72.5 Å². The molecule has 0 saturated heterocycles. The summed E-state index contributed by atoms with van der Waals surface area (Å²) >= 11 is 16.9. The minimum Gasteiger partial charge on any atom is -0.453 e. The Labute approximate surface area is 132 Å². The number of nitrogens with one attached hydrogen (secondary N) is 1. The number of hydrogen-bond donors (Lipinski definition) is 1. The molecule has 9 heteroatoms. The fraction of sp³-hybridized carbons (Fsp3) is 0.364. The zero-order chi connectivity index (χ0) is 15.6. The highest BCUT2D eigenvalue weighted by Gasteiger charge is 2.44. The third kappa shape index (κ3) is 4.15. The summed E-state index contributed by atoms with van der Waals surface area (Å²) in [6.45, 7) is 1.80. The number of carbonyl (C=O) groups excluding carboxylic acids is 1. The van der Waals surface area contributed by atoms with Crippen molar-refractivity contribution in [2.45, 2.75) is 21.0 Å². The maximum atomic E-state index is 12.4. The van der Waals surface area contributed by atoms with Crippen LogP contribution in [0.5, 0.6) is 0 Å². The van der Waals surface area contributed by atoms with Gasteiger partial charge in [-0.15, -0.1) is 0 Å². The van der Waals surface area contributed by atoms with Crippen LogP contribution in [0.4, 0.5) is 4.79 Å². The lowest BCUT2D eigenvalue weighted by Crippen LogP contribution is -2.49. The van der Waals surface area contributed by atoms with Crippen LogP contribution in [0.3, 0.4) is 0 Å². The third-order valence-electron chi connectivity index (χ3n) is 2.39. The van der Waals surface area contributed by atoms with Crippen molar-refractivity contribution in [1.29, 1.82) is 0 Å². The molecule has 1 rings (SSSR count). The van der Waals surface area contributed by atoms with Crippen LogP contribution >= 0.6 is 34.8 Å². The maximum Gasteiger partial charge on any atom is 0.408 e. The zero-order valence-electron chi connectivity index (χ0n) is 10.6. The molecular weight excluding hydrogens is 349 g/mol. The Bertz CT molecular complexity index is 581. The molecular formula is C11H12Cl3NO4S. The number of benzene rings is 1. The number of hydrogen-bond acceptors (Lipinski definition) is 4. The van der Waals surface area contributed by atoms with Gasteiger partial charge in [-0.05, 0) is 19.1 Å². The molecule has 1 N–H and O–H groups in total. The minimum atomic E-state index is -4.09. The van der Waals surface area contributed by atoms with E-state index in [1.807, 2.05) is 5.32 Å². The molecule has 1 amide bonds. The molecule has 0 spiro atoms. The number of ether oxygens (including phenoxy) is 1. The third-order valence-corrected chi connectivity index (χ3v) is 5.46. The summed E-state index contributed by atoms with van der Waals surface area (Å²) in [7, 11) is -3.02. The highest BCUT2D eigenvalue weighted by atomic mass is 35.6. The Morgan fingerprint density at radius 2 is 1.75 bits per heavy atom. The number of sulfone groups is 1. The first-order chi connectivity index (χ1) is 9.09. The monoisotopic (exact) mass is 359 g/mol. The molecule has 0 fully saturated rings. The molecule has 5 nitrogen and oxygen atoms in total. The summed E-state index contributed by atoms with van der Waals surface area (Å²) in [6.07, 6.45) is -1.02. The van der Waals surface area contributed by atoms with E-state index in [1.165, 1.54) is 12.1 Å². The number of alkyl carbamates (subject to hydrolysis) is 1. The average molecular weight is 361 g/mol. The second-order valence-corrected chi connectivity index (χ2v) is 8.32. The maximum absolute atomic E-state index is 12.4. The number of methoxy groups -OCH3 is 1. The van der Waals surface area contributed by atoms with Crippen molar-refractivity contribution in [3.8, 4) is 0 Å². The van der Waals surface area contributed by atoms with Crippen molar-refractivity contribution in [2.75, 3.05) is 7.11 Å². The lowest BCUT2D eigenvalue weighted by atomic mass is 10.2. The molecule has 0 aliphatic carbocycles. The van der Waals surface area contributed by atoms with E-state index in [9.17, 15) is 13.2 Å². The molecule has 0 aromatic heterocycles. The number of rotatable bonds is 3. The highest BCUT2D eigenvalue weighted by molar-refractivity contribution is 7.92. The van der Waals surface area contributed by atoms with E-state index < -0.39 is 25.1 Å². The van der Waals surface area contributed by atoms with Crippen LogP contribution in [0.2, 0.25) is 0 Å². The summed E-state index contributed by atoms with van der Waals surface area (Å²) < 4.78 is 26.9. The van der Waals surface area contributed by atoms with Gasteiger partial charge in [-0.25, -0.2) is 13.2 Å². The first-order valence-electron chi connectivity index (χ1n) is 5.31. The fourth-order valence-electron chi connectivity index (χ4n) is 1.37. The van der Waals surface area contributed by atoms with Crippen LogP contribution in [0, 0.1) is 6.92 Å². The van der Waals surface area contributed by atoms with Crippen LogP contribution < -0.4 is 5.32 Å². The van der Waals surface area contributed by atoms with Crippen LogP contribution in [0.25, 0.3) is 0 Å². The molecule has 0 unspecified atom stereocenters. The predicted octanol–water partition coefficient (Wildman–Crippen LogP) is 2.82. The van der Waals surface area contributed by atoms with Crippen LogP contribution in [-0.4, -0.2) is 30.8 Å². The first-order valence-corrected chi connectivity index (χ1v) is 7.99. The van der Waals surface area contributed by atoms with Crippen molar-refractivity contribution >= 4 is 50.7 Å². The normalized spacial score (nSPS) is 13.7. The zero-order valence-corrected chi connectivity index (χ0v) is 13.6. The largest absolute Gasteiger partial charge is 0.453 e. The Kier molecular flexibility index (Phi) is 5.54. The fourth-order valence-corrected chi connectivity index (χ4v) is 3.98. The van der Waals surface area contributed by atoms with Gasteiger partial charge in [-0.2, -0.15) is 0 Å². The van der Waals surface area contributed by atoms with E-state index in [-0.39, 0.29) is 4.90 Å². The van der Waals surface area contributed by atoms with Gasteiger partial charge in [-0.1, -0.05) is 52.5 Å². The van der Waals surface area contributed by atoms with Crippen LogP contribution in [0.15, 0.2) is 29.2 Å². The van der Waals surface area contributed by atoms with E-state index in [4.69, 9.17) is 34.8 Å². The SMILES string of the molecule is COC(=O)N[C@H](C(Cl)(Cl)Cl)S(=O)(=O)c1ccc(C)cc1. The molecule has 112 valence electrons. The van der Waals surface area contributed by atoms with Crippen molar-refractivity contribution in [3.63, 3.8) is 0 Å². The number of halogens is 3. The van der Waals surface area contributed by atoms with Gasteiger partial charge in [0.1, 0.15) is 0 Å². The second kappa shape index (κ2) is 6.39. The van der Waals surface area contributed by atoms with E-state index >= 15 is 0 Å². The van der Waals surface area contributed by atoms with E-state index in [0.29, 0.717) is 0 Å². The molecule has 0 radical (unpaired) electrons. The molecule has 1 aromatic carbocycles. The lowest BCUT2D eigenvalue weighted by Gasteiger charge is -2.24. The Hall–Kier alpha value is -0.690. The summed E-state index contributed by atoms with van der Waals surface area (Å²) in [4.78, 5) is 11.2. The summed E-state index contributed by atoms with van der Waals surface area (Å²) in [6, 6.07) is 5.93. The Morgan fingerprint density at radius 1 is 1.25 bits per heavy atom. The number of carbonyl (C=O) groups is 1. The van der Waals surface area contributed by atoms with Crippen molar-refractivity contribution in [2.24, 2.45) is 0 Å². The van der Waals surface area contributed by atoms with Crippen molar-refractivity contribution in [3.05, 3.63) is 29.8 Å². The van der Waals surface area contributed by atoms with Gasteiger partial charge in [0.15, 0.2) is 5.37 Å². The molecule has 0 bridgehead atoms. The van der Waals surface area contributed by atoms with Crippen LogP contribution in [-0.2, 0) is 14.6 Å². The van der Waals surface area contributed by atoms with E-state index in [0.717, 1.165) is 12.7 Å². The summed E-state index contributed by atoms with van der Waals surface area (Å²) in [5.41, 5.74) is 0.871. The van der Waals surface area contributed by atoms with Gasteiger partial charge >= 0.3 is 6.09 Å². The standard InChI is InChI=1S/C11H12Cl3NO4S/c1-7-3-5-8(6-4-7)20(17,18)9(11(12,13)14)15-10(16)19-2/h3-6,9H,1-2H3,(H,15,16)/t9-/m0/s1. The smallest absolute Gasteiger partial charge is 0.408 e. The van der Waals surface area contributed by atoms with Gasteiger partial charge in [0.25, 0.3) is 0 Å². The van der Waals surface area contributed by atoms with Gasteiger partial charge in [0.05, 0.1) is 12.0 Å². The van der Waals surface area contributed by atoms with Gasteiger partial charge in [0, 0.05) is 0 Å². The Balaban J connectivity index is 3.24. The molecule has 0 aliphatic rings. The summed E-state index contributed by atoms with van der Waals surface area (Å²) in [5, 5.41) is 0.247. The number of amides is 1. The number of alkyl halides is 3. The van der Waals surface area contributed by atoms with Crippen molar-refractivity contribution < 1.29 is 17.9 Å². The van der Waals surface area contributed by atoms with Gasteiger partial charge in [0.2, 0.25) is 13.6 Å². The molecule has 0 aliphatic heterocycles. The minimum absolute atomic E-state index is 0.0733. The van der Waals surface area contributed by atoms with Crippen LogP contribution in [0.1, 0.15) is 5.56 Å². The first kappa shape index (κ1) is 17.4. The number of aryl methyl sites for hydroxylation is 1. The summed E-state index contributed by atoms with van der Waals surface area (Å²) in [5.74, 6) is 0. The lowest BCUT2D eigenvalue weighted by molar-refractivity contribution is 0.169. The predicted molar refractivity (Wildman–Crippen MR) is 78.0 cm³/mol. The molecule has 0 saturated carbocycles. The van der Waals surface area contributed by atoms with Crippen molar-refractivity contribution in [1.82, 2.24) is 5.32 Å². The molecule has 1 atom stereocenters. The van der Waals surface area contributed by atoms with E-state index in [1.54, 1.807) is 19.1 Å². The quantitative estimate of drug-likeness (QED) is 0.841. The molecule has 0 heterocycles. The van der Waals surface area contributed by atoms with Gasteiger partial charge in [-0.3, -0.25) is 0 Å². The van der Waals surface area contributed by atoms with Gasteiger partial charge < -0.3 is 10.1 Å². The molecule has 1 aromatic rings.